The number of hydrogen-bond donors (Lipinski definition) is 1. The minimum atomic E-state index is -0.153. The van der Waals surface area contributed by atoms with E-state index in [1.165, 1.54) is 25.3 Å². The van der Waals surface area contributed by atoms with Crippen LogP contribution in [-0.4, -0.2) is 65.4 Å². The van der Waals surface area contributed by atoms with Gasteiger partial charge in [-0.2, -0.15) is 0 Å². The van der Waals surface area contributed by atoms with Crippen LogP contribution in [-0.2, 0) is 19.4 Å². The number of aromatic nitrogens is 3. The third kappa shape index (κ3) is 5.87. The van der Waals surface area contributed by atoms with Gasteiger partial charge in [-0.25, -0.2) is 4.39 Å². The molecule has 1 N–H and O–H groups in total. The first-order valence-corrected chi connectivity index (χ1v) is 11.1. The molecule has 0 unspecified atom stereocenters. The Hall–Kier alpha value is -1.91. The summed E-state index contributed by atoms with van der Waals surface area (Å²) in [6.45, 7) is 5.12. The van der Waals surface area contributed by atoms with Crippen molar-refractivity contribution in [2.24, 2.45) is 4.99 Å². The highest BCUT2D eigenvalue weighted by Crippen LogP contribution is 2.20. The van der Waals surface area contributed by atoms with Crippen molar-refractivity contribution in [1.29, 1.82) is 0 Å². The van der Waals surface area contributed by atoms with Crippen molar-refractivity contribution in [3.05, 3.63) is 41.7 Å². The van der Waals surface area contributed by atoms with Crippen molar-refractivity contribution >= 4 is 35.6 Å². The van der Waals surface area contributed by atoms with Crippen molar-refractivity contribution in [3.63, 3.8) is 0 Å². The number of halogens is 2. The van der Waals surface area contributed by atoms with Gasteiger partial charge in [0.15, 0.2) is 5.96 Å². The van der Waals surface area contributed by atoms with Crippen LogP contribution >= 0.6 is 24.0 Å². The Morgan fingerprint density at radius 2 is 1.87 bits per heavy atom. The molecule has 4 rings (SSSR count). The highest BCUT2D eigenvalue weighted by atomic mass is 127. The molecule has 31 heavy (non-hydrogen) atoms. The van der Waals surface area contributed by atoms with Gasteiger partial charge in [0, 0.05) is 59.2 Å². The molecule has 0 amide bonds. The maximum absolute atomic E-state index is 14.0. The SMILES string of the molecule is CN=C(NCCCc1nnc2n1CCCCC2)N1CCN(c2ccccc2F)CC1.I. The van der Waals surface area contributed by atoms with E-state index >= 15 is 0 Å². The summed E-state index contributed by atoms with van der Waals surface area (Å²) in [5.41, 5.74) is 0.688. The maximum atomic E-state index is 14.0. The van der Waals surface area contributed by atoms with Gasteiger partial charge in [0.25, 0.3) is 0 Å². The van der Waals surface area contributed by atoms with E-state index in [-0.39, 0.29) is 29.8 Å². The first kappa shape index (κ1) is 23.7. The predicted molar refractivity (Wildman–Crippen MR) is 133 cm³/mol. The Labute approximate surface area is 201 Å². The van der Waals surface area contributed by atoms with Gasteiger partial charge in [0.2, 0.25) is 0 Å². The van der Waals surface area contributed by atoms with Gasteiger partial charge in [0.05, 0.1) is 5.69 Å². The third-order valence-corrected chi connectivity index (χ3v) is 6.03. The highest BCUT2D eigenvalue weighted by Gasteiger charge is 2.21. The van der Waals surface area contributed by atoms with Crippen LogP contribution in [0.1, 0.15) is 37.3 Å². The molecular formula is C22H33FIN7. The van der Waals surface area contributed by atoms with Gasteiger partial charge < -0.3 is 19.7 Å². The van der Waals surface area contributed by atoms with Gasteiger partial charge in [-0.15, -0.1) is 34.2 Å². The monoisotopic (exact) mass is 541 g/mol. The topological polar surface area (TPSA) is 61.6 Å². The number of anilines is 1. The van der Waals surface area contributed by atoms with Crippen LogP contribution in [0.4, 0.5) is 10.1 Å². The Balaban J connectivity index is 0.00000272. The fraction of sp³-hybridized carbons (Fsp3) is 0.591. The summed E-state index contributed by atoms with van der Waals surface area (Å²) in [6, 6.07) is 7.00. The molecule has 2 aromatic rings. The van der Waals surface area contributed by atoms with Crippen molar-refractivity contribution in [2.75, 3.05) is 44.7 Å². The molecular weight excluding hydrogens is 508 g/mol. The number of para-hydroxylation sites is 1. The van der Waals surface area contributed by atoms with Crippen molar-refractivity contribution < 1.29 is 4.39 Å². The molecule has 1 aromatic carbocycles. The highest BCUT2D eigenvalue weighted by molar-refractivity contribution is 14.0. The second-order valence-corrected chi connectivity index (χ2v) is 8.00. The van der Waals surface area contributed by atoms with Crippen LogP contribution in [0, 0.1) is 5.82 Å². The van der Waals surface area contributed by atoms with E-state index in [4.69, 9.17) is 0 Å². The zero-order chi connectivity index (χ0) is 20.8. The Kier molecular flexibility index (Phi) is 8.91. The minimum absolute atomic E-state index is 0. The number of fused-ring (bicyclic) bond motifs is 1. The van der Waals surface area contributed by atoms with E-state index in [1.807, 2.05) is 19.2 Å². The molecule has 1 aromatic heterocycles. The second-order valence-electron chi connectivity index (χ2n) is 8.00. The van der Waals surface area contributed by atoms with Crippen LogP contribution in [0.3, 0.4) is 0 Å². The standard InChI is InChI=1S/C22H32FN7.HI/c1-24-22(29-16-14-28(15-17-29)19-9-5-4-8-18(19)23)25-12-7-11-21-27-26-20-10-3-2-6-13-30(20)21;/h4-5,8-9H,2-3,6-7,10-17H2,1H3,(H,24,25);1H. The average Bonchev–Trinajstić information content (AvgIpc) is 3.00. The second kappa shape index (κ2) is 11.6. The summed E-state index contributed by atoms with van der Waals surface area (Å²) in [5.74, 6) is 3.03. The number of nitrogens with one attached hydrogen (secondary N) is 1. The van der Waals surface area contributed by atoms with Gasteiger partial charge in [-0.3, -0.25) is 4.99 Å². The lowest BCUT2D eigenvalue weighted by Crippen LogP contribution is -2.52. The van der Waals surface area contributed by atoms with Gasteiger partial charge >= 0.3 is 0 Å². The summed E-state index contributed by atoms with van der Waals surface area (Å²) in [5, 5.41) is 12.3. The average molecular weight is 541 g/mol. The van der Waals surface area contributed by atoms with Gasteiger partial charge in [-0.05, 0) is 31.4 Å². The molecule has 0 saturated carbocycles. The number of rotatable bonds is 5. The number of nitrogens with zero attached hydrogens (tertiary/aromatic N) is 6. The van der Waals surface area contributed by atoms with E-state index in [9.17, 15) is 4.39 Å². The molecule has 0 radical (unpaired) electrons. The lowest BCUT2D eigenvalue weighted by Gasteiger charge is -2.37. The quantitative estimate of drug-likeness (QED) is 0.273. The van der Waals surface area contributed by atoms with Crippen LogP contribution < -0.4 is 10.2 Å². The minimum Gasteiger partial charge on any atom is -0.366 e. The van der Waals surface area contributed by atoms with Crippen LogP contribution in [0.25, 0.3) is 0 Å². The first-order valence-electron chi connectivity index (χ1n) is 11.1. The lowest BCUT2D eigenvalue weighted by molar-refractivity contribution is 0.370. The van der Waals surface area contributed by atoms with E-state index < -0.39 is 0 Å². The molecule has 7 nitrogen and oxygen atoms in total. The fourth-order valence-electron chi connectivity index (χ4n) is 4.38. The van der Waals surface area contributed by atoms with E-state index in [1.54, 1.807) is 6.07 Å². The zero-order valence-electron chi connectivity index (χ0n) is 18.3. The molecule has 3 heterocycles. The van der Waals surface area contributed by atoms with Crippen LogP contribution in [0.5, 0.6) is 0 Å². The Bertz CT molecular complexity index is 861. The fourth-order valence-corrected chi connectivity index (χ4v) is 4.38. The van der Waals surface area contributed by atoms with Crippen molar-refractivity contribution in [2.45, 2.75) is 45.1 Å². The zero-order valence-corrected chi connectivity index (χ0v) is 20.6. The molecule has 0 bridgehead atoms. The number of guanidine groups is 1. The summed E-state index contributed by atoms with van der Waals surface area (Å²) >= 11 is 0. The summed E-state index contributed by atoms with van der Waals surface area (Å²) in [4.78, 5) is 8.81. The van der Waals surface area contributed by atoms with E-state index in [0.717, 1.165) is 76.1 Å². The van der Waals surface area contributed by atoms with Crippen LogP contribution in [0.2, 0.25) is 0 Å². The first-order chi connectivity index (χ1) is 14.8. The normalized spacial score (nSPS) is 17.0. The van der Waals surface area contributed by atoms with Gasteiger partial charge in [-0.1, -0.05) is 18.6 Å². The number of piperazine rings is 1. The molecule has 0 aliphatic carbocycles. The number of hydrogen-bond acceptors (Lipinski definition) is 4. The molecule has 9 heteroatoms. The summed E-state index contributed by atoms with van der Waals surface area (Å²) in [7, 11) is 1.82. The van der Waals surface area contributed by atoms with Crippen LogP contribution in [0.15, 0.2) is 29.3 Å². The number of benzene rings is 1. The Morgan fingerprint density at radius 1 is 1.06 bits per heavy atom. The molecule has 0 atom stereocenters. The number of aryl methyl sites for hydroxylation is 2. The predicted octanol–water partition coefficient (Wildman–Crippen LogP) is 3.09. The molecule has 1 fully saturated rings. The molecule has 0 spiro atoms. The lowest BCUT2D eigenvalue weighted by atomic mass is 10.2. The Morgan fingerprint density at radius 3 is 2.65 bits per heavy atom. The molecule has 170 valence electrons. The van der Waals surface area contributed by atoms with Crippen molar-refractivity contribution in [1.82, 2.24) is 25.0 Å². The molecule has 2 aliphatic rings. The van der Waals surface area contributed by atoms with E-state index in [0.29, 0.717) is 5.69 Å². The maximum Gasteiger partial charge on any atom is 0.193 e. The number of aliphatic imine (C=N–C) groups is 1. The van der Waals surface area contributed by atoms with Crippen molar-refractivity contribution in [3.8, 4) is 0 Å². The molecule has 1 saturated heterocycles. The summed E-state index contributed by atoms with van der Waals surface area (Å²) < 4.78 is 16.4. The van der Waals surface area contributed by atoms with Gasteiger partial charge in [0.1, 0.15) is 17.5 Å². The third-order valence-electron chi connectivity index (χ3n) is 6.03. The largest absolute Gasteiger partial charge is 0.366 e. The van der Waals surface area contributed by atoms with E-state index in [2.05, 4.69) is 34.9 Å². The summed E-state index contributed by atoms with van der Waals surface area (Å²) in [6.07, 6.45) is 6.70. The molecule has 2 aliphatic heterocycles. The smallest absolute Gasteiger partial charge is 0.193 e.